The van der Waals surface area contributed by atoms with E-state index in [9.17, 15) is 22.4 Å². The van der Waals surface area contributed by atoms with Gasteiger partial charge in [0, 0.05) is 13.1 Å². The number of ketones is 1. The van der Waals surface area contributed by atoms with Crippen LogP contribution in [0.25, 0.3) is 0 Å². The molecule has 3 rings (SSSR count). The van der Waals surface area contributed by atoms with Crippen LogP contribution in [0.4, 0.5) is 4.39 Å². The number of sulfonamides is 1. The van der Waals surface area contributed by atoms with Gasteiger partial charge in [-0.05, 0) is 43.2 Å². The first-order valence-corrected chi connectivity index (χ1v) is 11.4. The van der Waals surface area contributed by atoms with Gasteiger partial charge in [0.05, 0.1) is 17.6 Å². The van der Waals surface area contributed by atoms with E-state index in [0.717, 1.165) is 31.7 Å². The van der Waals surface area contributed by atoms with Gasteiger partial charge in [-0.1, -0.05) is 25.0 Å². The van der Waals surface area contributed by atoms with Gasteiger partial charge in [0.1, 0.15) is 17.1 Å². The summed E-state index contributed by atoms with van der Waals surface area (Å²) in [6.07, 6.45) is 3.51. The highest BCUT2D eigenvalue weighted by Crippen LogP contribution is 2.27. The molecule has 0 bridgehead atoms. The lowest BCUT2D eigenvalue weighted by Crippen LogP contribution is -2.32. The van der Waals surface area contributed by atoms with Crippen LogP contribution in [0, 0.1) is 5.82 Å². The fourth-order valence-electron chi connectivity index (χ4n) is 3.41. The zero-order chi connectivity index (χ0) is 22.4. The van der Waals surface area contributed by atoms with E-state index < -0.39 is 34.2 Å². The molecule has 1 saturated heterocycles. The summed E-state index contributed by atoms with van der Waals surface area (Å²) >= 11 is 0. The Labute approximate surface area is 180 Å². The zero-order valence-corrected chi connectivity index (χ0v) is 18.0. The number of hydrogen-bond donors (Lipinski definition) is 0. The van der Waals surface area contributed by atoms with E-state index >= 15 is 0 Å². The molecule has 0 aliphatic carbocycles. The lowest BCUT2D eigenvalue weighted by atomic mass is 10.1. The number of carbonyl (C=O) groups is 2. The van der Waals surface area contributed by atoms with E-state index in [2.05, 4.69) is 0 Å². The minimum Gasteiger partial charge on any atom is -0.496 e. The smallest absolute Gasteiger partial charge is 0.342 e. The first-order chi connectivity index (χ1) is 14.8. The van der Waals surface area contributed by atoms with Crippen molar-refractivity contribution in [3.05, 3.63) is 59.4 Å². The number of benzene rings is 2. The van der Waals surface area contributed by atoms with Gasteiger partial charge in [-0.2, -0.15) is 4.31 Å². The molecule has 0 radical (unpaired) electrons. The van der Waals surface area contributed by atoms with E-state index in [1.54, 1.807) is 0 Å². The molecule has 0 atom stereocenters. The molecule has 1 aliphatic heterocycles. The molecule has 0 amide bonds. The molecule has 7 nitrogen and oxygen atoms in total. The zero-order valence-electron chi connectivity index (χ0n) is 17.2. The molecule has 0 spiro atoms. The SMILES string of the molecule is COc1ccc(S(=O)(=O)N2CCCCCC2)cc1C(=O)OCC(=O)c1ccccc1F. The second kappa shape index (κ2) is 10.0. The van der Waals surface area contributed by atoms with Crippen molar-refractivity contribution in [1.29, 1.82) is 0 Å². The van der Waals surface area contributed by atoms with Crippen molar-refractivity contribution in [3.63, 3.8) is 0 Å². The van der Waals surface area contributed by atoms with E-state index in [4.69, 9.17) is 9.47 Å². The Morgan fingerprint density at radius 3 is 2.32 bits per heavy atom. The number of Topliss-reactive ketones (excluding diaryl/α,β-unsaturated/α-hetero) is 1. The number of ether oxygens (including phenoxy) is 2. The minimum absolute atomic E-state index is 0.0532. The molecular formula is C22H24FNO6S. The number of nitrogens with zero attached hydrogens (tertiary/aromatic N) is 1. The Bertz CT molecular complexity index is 1060. The van der Waals surface area contributed by atoms with Crippen LogP contribution in [0.15, 0.2) is 47.4 Å². The van der Waals surface area contributed by atoms with Gasteiger partial charge in [-0.25, -0.2) is 17.6 Å². The minimum atomic E-state index is -3.79. The van der Waals surface area contributed by atoms with Crippen molar-refractivity contribution in [2.24, 2.45) is 0 Å². The van der Waals surface area contributed by atoms with Crippen LogP contribution < -0.4 is 4.74 Å². The lowest BCUT2D eigenvalue weighted by molar-refractivity contribution is 0.0470. The monoisotopic (exact) mass is 449 g/mol. The predicted molar refractivity (Wildman–Crippen MR) is 111 cm³/mol. The molecule has 2 aromatic rings. The molecule has 9 heteroatoms. The number of halogens is 1. The maximum atomic E-state index is 13.7. The maximum absolute atomic E-state index is 13.7. The summed E-state index contributed by atoms with van der Waals surface area (Å²) in [6.45, 7) is 0.155. The number of methoxy groups -OCH3 is 1. The Morgan fingerprint density at radius 1 is 1.00 bits per heavy atom. The summed E-state index contributed by atoms with van der Waals surface area (Å²) in [5.41, 5.74) is -0.320. The van der Waals surface area contributed by atoms with Crippen LogP contribution in [-0.4, -0.2) is 51.3 Å². The van der Waals surface area contributed by atoms with E-state index in [1.165, 1.54) is 47.8 Å². The lowest BCUT2D eigenvalue weighted by Gasteiger charge is -2.20. The van der Waals surface area contributed by atoms with Crippen molar-refractivity contribution in [2.75, 3.05) is 26.8 Å². The van der Waals surface area contributed by atoms with Crippen LogP contribution >= 0.6 is 0 Å². The van der Waals surface area contributed by atoms with Crippen molar-refractivity contribution in [3.8, 4) is 5.75 Å². The topological polar surface area (TPSA) is 90.0 Å². The van der Waals surface area contributed by atoms with Gasteiger partial charge in [0.15, 0.2) is 6.61 Å². The molecule has 1 aliphatic rings. The second-order valence-electron chi connectivity index (χ2n) is 7.16. The highest BCUT2D eigenvalue weighted by Gasteiger charge is 2.27. The van der Waals surface area contributed by atoms with Crippen LogP contribution in [0.5, 0.6) is 5.75 Å². The predicted octanol–water partition coefficient (Wildman–Crippen LogP) is 3.44. The second-order valence-corrected chi connectivity index (χ2v) is 9.10. The van der Waals surface area contributed by atoms with Gasteiger partial charge >= 0.3 is 5.97 Å². The summed E-state index contributed by atoms with van der Waals surface area (Å²) < 4.78 is 51.4. The standard InChI is InChI=1S/C22H24FNO6S/c1-29-21-11-10-16(31(27,28)24-12-6-2-3-7-13-24)14-18(21)22(26)30-15-20(25)17-8-4-5-9-19(17)23/h4-5,8-11,14H,2-3,6-7,12-13,15H2,1H3. The normalized spacial score (nSPS) is 15.2. The summed E-state index contributed by atoms with van der Waals surface area (Å²) in [4.78, 5) is 24.7. The third-order valence-corrected chi connectivity index (χ3v) is 7.00. The third-order valence-electron chi connectivity index (χ3n) is 5.10. The van der Waals surface area contributed by atoms with Crippen LogP contribution in [-0.2, 0) is 14.8 Å². The van der Waals surface area contributed by atoms with E-state index in [-0.39, 0.29) is 21.8 Å². The molecule has 2 aromatic carbocycles. The number of esters is 1. The molecule has 166 valence electrons. The van der Waals surface area contributed by atoms with Gasteiger partial charge < -0.3 is 9.47 Å². The molecule has 0 saturated carbocycles. The van der Waals surface area contributed by atoms with Gasteiger partial charge in [-0.3, -0.25) is 4.79 Å². The summed E-state index contributed by atoms with van der Waals surface area (Å²) in [6, 6.07) is 9.31. The van der Waals surface area contributed by atoms with Crippen LogP contribution in [0.1, 0.15) is 46.4 Å². The van der Waals surface area contributed by atoms with Crippen LogP contribution in [0.3, 0.4) is 0 Å². The van der Waals surface area contributed by atoms with Crippen molar-refractivity contribution >= 4 is 21.8 Å². The van der Waals surface area contributed by atoms with Gasteiger partial charge in [0.2, 0.25) is 15.8 Å². The average molecular weight is 450 g/mol. The first-order valence-electron chi connectivity index (χ1n) is 9.97. The van der Waals surface area contributed by atoms with Crippen LogP contribution in [0.2, 0.25) is 0 Å². The van der Waals surface area contributed by atoms with E-state index in [1.807, 2.05) is 0 Å². The molecule has 31 heavy (non-hydrogen) atoms. The third kappa shape index (κ3) is 5.29. The van der Waals surface area contributed by atoms with Gasteiger partial charge in [0.25, 0.3) is 0 Å². The molecule has 1 heterocycles. The first kappa shape index (κ1) is 22.9. The average Bonchev–Trinajstić information content (AvgIpc) is 3.07. The Balaban J connectivity index is 1.80. The number of rotatable bonds is 7. The summed E-state index contributed by atoms with van der Waals surface area (Å²) in [7, 11) is -2.46. The molecular weight excluding hydrogens is 425 g/mol. The Morgan fingerprint density at radius 2 is 1.68 bits per heavy atom. The molecule has 1 fully saturated rings. The molecule has 0 aromatic heterocycles. The molecule has 0 N–H and O–H groups in total. The fraction of sp³-hybridized carbons (Fsp3) is 0.364. The quantitative estimate of drug-likeness (QED) is 0.475. The summed E-state index contributed by atoms with van der Waals surface area (Å²) in [5, 5.41) is 0. The Kier molecular flexibility index (Phi) is 7.40. The van der Waals surface area contributed by atoms with Gasteiger partial charge in [-0.15, -0.1) is 0 Å². The summed E-state index contributed by atoms with van der Waals surface area (Å²) in [5.74, 6) is -2.25. The maximum Gasteiger partial charge on any atom is 0.342 e. The largest absolute Gasteiger partial charge is 0.496 e. The van der Waals surface area contributed by atoms with Crippen molar-refractivity contribution in [1.82, 2.24) is 4.31 Å². The fourth-order valence-corrected chi connectivity index (χ4v) is 4.96. The Hall–Kier alpha value is -2.78. The molecule has 0 unspecified atom stereocenters. The highest BCUT2D eigenvalue weighted by molar-refractivity contribution is 7.89. The number of carbonyl (C=O) groups excluding carboxylic acids is 2. The van der Waals surface area contributed by atoms with Crippen molar-refractivity contribution < 1.29 is 31.9 Å². The van der Waals surface area contributed by atoms with E-state index in [0.29, 0.717) is 13.1 Å². The highest BCUT2D eigenvalue weighted by atomic mass is 32.2. The number of hydrogen-bond acceptors (Lipinski definition) is 6. The van der Waals surface area contributed by atoms with Crippen molar-refractivity contribution in [2.45, 2.75) is 30.6 Å².